The van der Waals surface area contributed by atoms with Crippen LogP contribution in [0.15, 0.2) is 12.3 Å². The molecule has 0 fully saturated rings. The van der Waals surface area contributed by atoms with Crippen molar-refractivity contribution in [2.75, 3.05) is 5.75 Å². The topological polar surface area (TPSA) is 27.0 Å². The quantitative estimate of drug-likeness (QED) is 0.345. The van der Waals surface area contributed by atoms with Gasteiger partial charge < -0.3 is 0 Å². The first-order chi connectivity index (χ1) is 3.43. The van der Waals surface area contributed by atoms with E-state index in [9.17, 15) is 0 Å². The Morgan fingerprint density at radius 2 is 2.71 bits per heavy atom. The maximum Gasteiger partial charge on any atom is 0.194 e. The molecular formula is C4H4N2S. The molecule has 7 heavy (non-hydrogen) atoms. The largest absolute Gasteiger partial charge is 0.228 e. The van der Waals surface area contributed by atoms with E-state index in [1.54, 1.807) is 6.20 Å². The minimum atomic E-state index is 0.938. The van der Waals surface area contributed by atoms with E-state index in [0.29, 0.717) is 0 Å². The van der Waals surface area contributed by atoms with E-state index in [1.165, 1.54) is 16.3 Å². The normalized spacial score (nSPS) is 17.3. The van der Waals surface area contributed by atoms with Crippen LogP contribution in [0.5, 0.6) is 0 Å². The number of nitrogens with zero attached hydrogens (tertiary/aromatic N) is 2. The van der Waals surface area contributed by atoms with E-state index in [4.69, 9.17) is 5.26 Å². The third-order valence-corrected chi connectivity index (χ3v) is 1.47. The molecule has 2 nitrogen and oxygen atoms in total. The second-order valence-electron chi connectivity index (χ2n) is 1.11. The van der Waals surface area contributed by atoms with Crippen LogP contribution in [-0.4, -0.2) is 10.1 Å². The van der Waals surface area contributed by atoms with Crippen molar-refractivity contribution in [1.29, 1.82) is 5.26 Å². The molecule has 0 radical (unpaired) electrons. The zero-order chi connectivity index (χ0) is 5.11. The van der Waals surface area contributed by atoms with Gasteiger partial charge in [0.2, 0.25) is 0 Å². The van der Waals surface area contributed by atoms with Crippen LogP contribution in [0.3, 0.4) is 0 Å². The van der Waals surface area contributed by atoms with Gasteiger partial charge in [-0.2, -0.15) is 5.26 Å². The van der Waals surface area contributed by atoms with Gasteiger partial charge in [0.05, 0.1) is 0 Å². The minimum absolute atomic E-state index is 0.938. The van der Waals surface area contributed by atoms with Gasteiger partial charge in [0.15, 0.2) is 6.19 Å². The van der Waals surface area contributed by atoms with Crippen LogP contribution in [0.25, 0.3) is 0 Å². The molecule has 1 aliphatic rings. The highest BCUT2D eigenvalue weighted by Gasteiger charge is 1.99. The summed E-state index contributed by atoms with van der Waals surface area (Å²) in [5.41, 5.74) is 0. The summed E-state index contributed by atoms with van der Waals surface area (Å²) in [6.45, 7) is 0. The Morgan fingerprint density at radius 1 is 1.86 bits per heavy atom. The molecule has 0 aromatic rings. The average molecular weight is 112 g/mol. The molecule has 0 aliphatic carbocycles. The maximum absolute atomic E-state index is 8.17. The fourth-order valence-corrected chi connectivity index (χ4v) is 0.930. The molecule has 0 amide bonds. The van der Waals surface area contributed by atoms with Crippen molar-refractivity contribution >= 4 is 11.9 Å². The van der Waals surface area contributed by atoms with Gasteiger partial charge in [-0.3, -0.25) is 0 Å². The van der Waals surface area contributed by atoms with Crippen molar-refractivity contribution in [3.05, 3.63) is 12.3 Å². The molecule has 1 heterocycles. The maximum atomic E-state index is 8.17. The van der Waals surface area contributed by atoms with Crippen LogP contribution in [-0.2, 0) is 0 Å². The van der Waals surface area contributed by atoms with Crippen molar-refractivity contribution in [3.63, 3.8) is 0 Å². The first kappa shape index (κ1) is 4.54. The van der Waals surface area contributed by atoms with E-state index in [1.807, 2.05) is 12.3 Å². The summed E-state index contributed by atoms with van der Waals surface area (Å²) in [6, 6.07) is 0. The van der Waals surface area contributed by atoms with Crippen molar-refractivity contribution in [2.24, 2.45) is 0 Å². The smallest absolute Gasteiger partial charge is 0.194 e. The Balaban J connectivity index is 2.47. The summed E-state index contributed by atoms with van der Waals surface area (Å²) >= 11 is 1.50. The van der Waals surface area contributed by atoms with E-state index in [2.05, 4.69) is 0 Å². The number of rotatable bonds is 0. The molecule has 1 rings (SSSR count). The highest BCUT2D eigenvalue weighted by molar-refractivity contribution is 7.97. The number of nitriles is 1. The molecule has 1 aliphatic heterocycles. The molecule has 0 bridgehead atoms. The van der Waals surface area contributed by atoms with Crippen LogP contribution in [0, 0.1) is 11.5 Å². The lowest BCUT2D eigenvalue weighted by molar-refractivity contribution is 0.893. The monoisotopic (exact) mass is 112 g/mol. The van der Waals surface area contributed by atoms with Gasteiger partial charge in [0.25, 0.3) is 0 Å². The fraction of sp³-hybridized carbons (Fsp3) is 0.250. The lowest BCUT2D eigenvalue weighted by Crippen LogP contribution is -1.90. The molecule has 0 saturated heterocycles. The molecule has 36 valence electrons. The van der Waals surface area contributed by atoms with Crippen LogP contribution >= 0.6 is 11.9 Å². The van der Waals surface area contributed by atoms with Crippen molar-refractivity contribution in [1.82, 2.24) is 4.31 Å². The van der Waals surface area contributed by atoms with Crippen molar-refractivity contribution in [3.8, 4) is 6.19 Å². The molecule has 3 heteroatoms. The summed E-state index contributed by atoms with van der Waals surface area (Å²) in [5, 5.41) is 8.17. The van der Waals surface area contributed by atoms with Gasteiger partial charge >= 0.3 is 0 Å². The van der Waals surface area contributed by atoms with Gasteiger partial charge in [0, 0.05) is 12.0 Å². The lowest BCUT2D eigenvalue weighted by atomic mass is 10.7. The summed E-state index contributed by atoms with van der Waals surface area (Å²) in [4.78, 5) is 0. The Kier molecular flexibility index (Phi) is 1.23. The Hall–Kier alpha value is -0.620. The van der Waals surface area contributed by atoms with E-state index >= 15 is 0 Å². The molecule has 0 atom stereocenters. The summed E-state index contributed by atoms with van der Waals surface area (Å²) < 4.78 is 1.53. The third-order valence-electron chi connectivity index (χ3n) is 0.649. The predicted molar refractivity (Wildman–Crippen MR) is 29.0 cm³/mol. The summed E-state index contributed by atoms with van der Waals surface area (Å²) in [7, 11) is 0. The highest BCUT2D eigenvalue weighted by Crippen LogP contribution is 2.14. The second-order valence-corrected chi connectivity index (χ2v) is 2.09. The predicted octanol–water partition coefficient (Wildman–Crippen LogP) is 0.945. The van der Waals surface area contributed by atoms with Gasteiger partial charge in [0.1, 0.15) is 0 Å². The van der Waals surface area contributed by atoms with Crippen LogP contribution in [0.1, 0.15) is 0 Å². The molecule has 0 spiro atoms. The molecule has 0 unspecified atom stereocenters. The molecule has 0 N–H and O–H groups in total. The molecular weight excluding hydrogens is 108 g/mol. The Morgan fingerprint density at radius 3 is 3.00 bits per heavy atom. The minimum Gasteiger partial charge on any atom is -0.228 e. The second kappa shape index (κ2) is 1.90. The zero-order valence-electron chi connectivity index (χ0n) is 3.66. The van der Waals surface area contributed by atoms with Gasteiger partial charge in [-0.05, 0) is 11.9 Å². The summed E-state index contributed by atoms with van der Waals surface area (Å²) in [6.07, 6.45) is 5.69. The lowest BCUT2D eigenvalue weighted by Gasteiger charge is -1.95. The molecule has 0 aromatic carbocycles. The SMILES string of the molecule is N#CN1C=CCS1. The van der Waals surface area contributed by atoms with Crippen LogP contribution in [0.4, 0.5) is 0 Å². The molecule has 0 aromatic heterocycles. The first-order valence-electron chi connectivity index (χ1n) is 1.92. The molecule has 0 saturated carbocycles. The Labute approximate surface area is 46.5 Å². The number of hydrogen-bond donors (Lipinski definition) is 0. The third kappa shape index (κ3) is 0.875. The van der Waals surface area contributed by atoms with Gasteiger partial charge in [-0.15, -0.1) is 0 Å². The van der Waals surface area contributed by atoms with Crippen molar-refractivity contribution in [2.45, 2.75) is 0 Å². The summed E-state index contributed by atoms with van der Waals surface area (Å²) in [5.74, 6) is 0.938. The van der Waals surface area contributed by atoms with Gasteiger partial charge in [-0.25, -0.2) is 4.31 Å². The highest BCUT2D eigenvalue weighted by atomic mass is 32.2. The Bertz CT molecular complexity index is 124. The van der Waals surface area contributed by atoms with Crippen LogP contribution in [0.2, 0.25) is 0 Å². The van der Waals surface area contributed by atoms with Crippen molar-refractivity contribution < 1.29 is 0 Å². The van der Waals surface area contributed by atoms with E-state index in [0.717, 1.165) is 5.75 Å². The first-order valence-corrected chi connectivity index (χ1v) is 2.86. The average Bonchev–Trinajstić information content (AvgIpc) is 2.14. The van der Waals surface area contributed by atoms with Crippen LogP contribution < -0.4 is 0 Å². The van der Waals surface area contributed by atoms with E-state index in [-0.39, 0.29) is 0 Å². The van der Waals surface area contributed by atoms with Gasteiger partial charge in [-0.1, -0.05) is 6.08 Å². The zero-order valence-corrected chi connectivity index (χ0v) is 4.48. The number of hydrogen-bond acceptors (Lipinski definition) is 3. The van der Waals surface area contributed by atoms with E-state index < -0.39 is 0 Å². The standard InChI is InChI=1S/C4H4N2S/c5-4-6-2-1-3-7-6/h1-2H,3H2. The fourth-order valence-electron chi connectivity index (χ4n) is 0.367.